The lowest BCUT2D eigenvalue weighted by atomic mass is 10.2. The third-order valence-electron chi connectivity index (χ3n) is 3.84. The third kappa shape index (κ3) is 4.66. The molecule has 9 heteroatoms. The maximum absolute atomic E-state index is 12.1. The summed E-state index contributed by atoms with van der Waals surface area (Å²) in [6.45, 7) is 0.395. The molecule has 27 heavy (non-hydrogen) atoms. The van der Waals surface area contributed by atoms with E-state index in [2.05, 4.69) is 20.5 Å². The van der Waals surface area contributed by atoms with Crippen LogP contribution in [-0.2, 0) is 17.8 Å². The number of H-pyrrole nitrogens is 1. The van der Waals surface area contributed by atoms with E-state index in [0.29, 0.717) is 23.8 Å². The van der Waals surface area contributed by atoms with Crippen LogP contribution < -0.4 is 10.1 Å². The molecule has 0 saturated carbocycles. The van der Waals surface area contributed by atoms with Crippen molar-refractivity contribution < 1.29 is 14.5 Å². The quantitative estimate of drug-likeness (QED) is 0.488. The van der Waals surface area contributed by atoms with Crippen LogP contribution in [-0.4, -0.2) is 33.1 Å². The Morgan fingerprint density at radius 1 is 1.19 bits per heavy atom. The molecule has 0 bridgehead atoms. The number of hydrogen-bond donors (Lipinski definition) is 2. The van der Waals surface area contributed by atoms with Gasteiger partial charge in [-0.2, -0.15) is 5.10 Å². The van der Waals surface area contributed by atoms with Gasteiger partial charge in [-0.1, -0.05) is 12.1 Å². The van der Waals surface area contributed by atoms with Crippen LogP contribution in [0.5, 0.6) is 5.75 Å². The van der Waals surface area contributed by atoms with Crippen LogP contribution in [0.3, 0.4) is 0 Å². The standard InChI is InChI=1S/C18H17N5O4/c1-27-15-8-2-12(3-9-15)11-19-17(24)10-16-20-18(22-21-16)13-4-6-14(7-5-13)23(25)26/h2-9H,10-11H2,1H3,(H,19,24)(H,20,21,22). The third-order valence-corrected chi connectivity index (χ3v) is 3.84. The van der Waals surface area contributed by atoms with Crippen molar-refractivity contribution in [1.29, 1.82) is 0 Å². The predicted molar refractivity (Wildman–Crippen MR) is 97.0 cm³/mol. The Morgan fingerprint density at radius 3 is 2.52 bits per heavy atom. The van der Waals surface area contributed by atoms with Crippen LogP contribution in [0.4, 0.5) is 5.69 Å². The fraction of sp³-hybridized carbons (Fsp3) is 0.167. The number of rotatable bonds is 7. The van der Waals surface area contributed by atoms with E-state index in [0.717, 1.165) is 11.3 Å². The molecule has 1 amide bonds. The number of aromatic amines is 1. The maximum atomic E-state index is 12.1. The molecular weight excluding hydrogens is 350 g/mol. The summed E-state index contributed by atoms with van der Waals surface area (Å²) in [5.74, 6) is 1.35. The molecule has 0 atom stereocenters. The van der Waals surface area contributed by atoms with Crippen molar-refractivity contribution in [1.82, 2.24) is 20.5 Å². The van der Waals surface area contributed by atoms with Gasteiger partial charge >= 0.3 is 0 Å². The van der Waals surface area contributed by atoms with Crippen LogP contribution in [0.15, 0.2) is 48.5 Å². The summed E-state index contributed by atoms with van der Waals surface area (Å²) in [7, 11) is 1.60. The lowest BCUT2D eigenvalue weighted by molar-refractivity contribution is -0.384. The number of benzene rings is 2. The van der Waals surface area contributed by atoms with Crippen LogP contribution in [0.25, 0.3) is 11.4 Å². The smallest absolute Gasteiger partial charge is 0.269 e. The fourth-order valence-electron chi connectivity index (χ4n) is 2.39. The van der Waals surface area contributed by atoms with E-state index in [-0.39, 0.29) is 18.0 Å². The number of aromatic nitrogens is 3. The van der Waals surface area contributed by atoms with E-state index in [1.54, 1.807) is 19.2 Å². The Bertz CT molecular complexity index is 935. The van der Waals surface area contributed by atoms with E-state index in [4.69, 9.17) is 4.74 Å². The molecule has 3 rings (SSSR count). The summed E-state index contributed by atoms with van der Waals surface area (Å²) in [5.41, 5.74) is 1.57. The van der Waals surface area contributed by atoms with Crippen LogP contribution in [0.1, 0.15) is 11.4 Å². The number of ether oxygens (including phenoxy) is 1. The number of nitrogens with one attached hydrogen (secondary N) is 2. The maximum Gasteiger partial charge on any atom is 0.269 e. The molecule has 138 valence electrons. The molecule has 0 spiro atoms. The topological polar surface area (TPSA) is 123 Å². The van der Waals surface area contributed by atoms with Crippen molar-refractivity contribution in [3.63, 3.8) is 0 Å². The second-order valence-electron chi connectivity index (χ2n) is 5.71. The number of nitro benzene ring substituents is 1. The van der Waals surface area contributed by atoms with E-state index in [9.17, 15) is 14.9 Å². The summed E-state index contributed by atoms with van der Waals surface area (Å²) >= 11 is 0. The molecule has 0 saturated heterocycles. The highest BCUT2D eigenvalue weighted by atomic mass is 16.6. The van der Waals surface area contributed by atoms with Crippen molar-refractivity contribution in [2.45, 2.75) is 13.0 Å². The first-order chi connectivity index (χ1) is 13.0. The van der Waals surface area contributed by atoms with Gasteiger partial charge < -0.3 is 10.1 Å². The summed E-state index contributed by atoms with van der Waals surface area (Å²) in [6.07, 6.45) is 0.0517. The van der Waals surface area contributed by atoms with Crippen molar-refractivity contribution in [2.24, 2.45) is 0 Å². The molecule has 2 N–H and O–H groups in total. The van der Waals surface area contributed by atoms with Crippen molar-refractivity contribution in [3.8, 4) is 17.1 Å². The fourth-order valence-corrected chi connectivity index (χ4v) is 2.39. The number of hydrogen-bond acceptors (Lipinski definition) is 6. The second kappa shape index (κ2) is 8.09. The zero-order valence-electron chi connectivity index (χ0n) is 14.5. The number of nitrogens with zero attached hydrogens (tertiary/aromatic N) is 3. The minimum atomic E-state index is -0.472. The number of amides is 1. The number of nitro groups is 1. The van der Waals surface area contributed by atoms with Crippen molar-refractivity contribution >= 4 is 11.6 Å². The Morgan fingerprint density at radius 2 is 1.89 bits per heavy atom. The molecule has 0 unspecified atom stereocenters. The Labute approximate surface area is 154 Å². The number of methoxy groups -OCH3 is 1. The Balaban J connectivity index is 1.56. The largest absolute Gasteiger partial charge is 0.497 e. The van der Waals surface area contributed by atoms with Gasteiger partial charge in [0.05, 0.1) is 18.5 Å². The molecule has 0 aliphatic rings. The average Bonchev–Trinajstić information content (AvgIpc) is 3.15. The van der Waals surface area contributed by atoms with Gasteiger partial charge in [-0.15, -0.1) is 0 Å². The summed E-state index contributed by atoms with van der Waals surface area (Å²) in [5, 5.41) is 20.3. The minimum Gasteiger partial charge on any atom is -0.497 e. The van der Waals surface area contributed by atoms with Gasteiger partial charge in [0, 0.05) is 24.2 Å². The van der Waals surface area contributed by atoms with E-state index >= 15 is 0 Å². The van der Waals surface area contributed by atoms with E-state index in [1.165, 1.54) is 12.1 Å². The normalized spacial score (nSPS) is 10.4. The first-order valence-corrected chi connectivity index (χ1v) is 8.11. The molecule has 0 radical (unpaired) electrons. The van der Waals surface area contributed by atoms with E-state index < -0.39 is 4.92 Å². The zero-order valence-corrected chi connectivity index (χ0v) is 14.5. The Hall–Kier alpha value is -3.75. The molecule has 1 aromatic heterocycles. The lowest BCUT2D eigenvalue weighted by Crippen LogP contribution is -2.25. The molecular formula is C18H17N5O4. The molecule has 0 aliphatic carbocycles. The summed E-state index contributed by atoms with van der Waals surface area (Å²) in [6, 6.07) is 13.3. The summed E-state index contributed by atoms with van der Waals surface area (Å²) < 4.78 is 5.09. The van der Waals surface area contributed by atoms with Gasteiger partial charge in [0.25, 0.3) is 5.69 Å². The lowest BCUT2D eigenvalue weighted by Gasteiger charge is -2.05. The Kier molecular flexibility index (Phi) is 5.41. The second-order valence-corrected chi connectivity index (χ2v) is 5.71. The first-order valence-electron chi connectivity index (χ1n) is 8.11. The molecule has 2 aromatic carbocycles. The molecule has 0 aliphatic heterocycles. The van der Waals surface area contributed by atoms with Crippen LogP contribution in [0.2, 0.25) is 0 Å². The van der Waals surface area contributed by atoms with Gasteiger partial charge in [-0.3, -0.25) is 20.0 Å². The van der Waals surface area contributed by atoms with Crippen molar-refractivity contribution in [3.05, 3.63) is 70.0 Å². The zero-order chi connectivity index (χ0) is 19.2. The van der Waals surface area contributed by atoms with Gasteiger partial charge in [0.2, 0.25) is 5.91 Å². The number of carbonyl (C=O) groups excluding carboxylic acids is 1. The number of non-ortho nitro benzene ring substituents is 1. The van der Waals surface area contributed by atoms with Crippen molar-refractivity contribution in [2.75, 3.05) is 7.11 Å². The van der Waals surface area contributed by atoms with Crippen LogP contribution in [0, 0.1) is 10.1 Å². The van der Waals surface area contributed by atoms with Gasteiger partial charge in [-0.05, 0) is 29.8 Å². The van der Waals surface area contributed by atoms with Gasteiger partial charge in [-0.25, -0.2) is 4.98 Å². The monoisotopic (exact) mass is 367 g/mol. The summed E-state index contributed by atoms with van der Waals surface area (Å²) in [4.78, 5) is 26.6. The van der Waals surface area contributed by atoms with Gasteiger partial charge in [0.1, 0.15) is 11.6 Å². The van der Waals surface area contributed by atoms with E-state index in [1.807, 2.05) is 24.3 Å². The molecule has 0 fully saturated rings. The molecule has 9 nitrogen and oxygen atoms in total. The number of carbonyl (C=O) groups is 1. The molecule has 1 heterocycles. The molecule has 3 aromatic rings. The first kappa shape index (κ1) is 18.1. The highest BCUT2D eigenvalue weighted by Gasteiger charge is 2.11. The average molecular weight is 367 g/mol. The highest BCUT2D eigenvalue weighted by molar-refractivity contribution is 5.77. The minimum absolute atomic E-state index is 0.00702. The van der Waals surface area contributed by atoms with Crippen LogP contribution >= 0.6 is 0 Å². The predicted octanol–water partition coefficient (Wildman–Crippen LogP) is 2.25. The highest BCUT2D eigenvalue weighted by Crippen LogP contribution is 2.19. The van der Waals surface area contributed by atoms with Gasteiger partial charge in [0.15, 0.2) is 5.82 Å². The SMILES string of the molecule is COc1ccc(CNC(=O)Cc2nc(-c3ccc([N+](=O)[O-])cc3)n[nH]2)cc1.